The summed E-state index contributed by atoms with van der Waals surface area (Å²) in [5, 5.41) is 9.41. The maximum Gasteiger partial charge on any atom is 0.315 e. The molecule has 11 nitrogen and oxygen atoms in total. The Morgan fingerprint density at radius 3 is 2.15 bits per heavy atom. The largest absolute Gasteiger partial charge is 0.363 e. The van der Waals surface area contributed by atoms with Crippen LogP contribution in [-0.2, 0) is 19.2 Å². The van der Waals surface area contributed by atoms with Crippen molar-refractivity contribution in [3.05, 3.63) is 0 Å². The first kappa shape index (κ1) is 35.6. The molecule has 5 amide bonds. The van der Waals surface area contributed by atoms with Crippen molar-refractivity contribution in [1.82, 2.24) is 25.8 Å². The Morgan fingerprint density at radius 2 is 1.64 bits per heavy atom. The monoisotopic (exact) mass is 656 g/mol. The number of nitrogens with two attached hydrogens (primary N) is 1. The van der Waals surface area contributed by atoms with Crippen LogP contribution in [0.5, 0.6) is 0 Å². The molecule has 2 aliphatic heterocycles. The second-order valence-corrected chi connectivity index (χ2v) is 15.9. The van der Waals surface area contributed by atoms with Crippen molar-refractivity contribution in [2.45, 2.75) is 154 Å². The molecule has 0 spiro atoms. The lowest BCUT2D eigenvalue weighted by Crippen LogP contribution is -2.71. The molecule has 11 heteroatoms. The van der Waals surface area contributed by atoms with Gasteiger partial charge in [-0.2, -0.15) is 0 Å². The Hall–Kier alpha value is -2.69. The number of rotatable bonds is 15. The van der Waals surface area contributed by atoms with Crippen LogP contribution in [-0.4, -0.2) is 88.2 Å². The lowest BCUT2D eigenvalue weighted by Gasteiger charge is -2.51. The van der Waals surface area contributed by atoms with Gasteiger partial charge in [0.15, 0.2) is 0 Å². The molecule has 5 fully saturated rings. The molecule has 3 saturated carbocycles. The van der Waals surface area contributed by atoms with Gasteiger partial charge in [-0.25, -0.2) is 4.79 Å². The van der Waals surface area contributed by atoms with E-state index < -0.39 is 41.3 Å². The summed E-state index contributed by atoms with van der Waals surface area (Å²) in [4.78, 5) is 71.9. The van der Waals surface area contributed by atoms with E-state index in [-0.39, 0.29) is 40.6 Å². The molecule has 47 heavy (non-hydrogen) atoms. The number of piperidine rings is 1. The number of hydrogen-bond donors (Lipinski definition) is 4. The van der Waals surface area contributed by atoms with Gasteiger partial charge in [0, 0.05) is 17.6 Å². The van der Waals surface area contributed by atoms with Crippen LogP contribution >= 0.6 is 0 Å². The van der Waals surface area contributed by atoms with E-state index in [9.17, 15) is 24.0 Å². The van der Waals surface area contributed by atoms with Crippen molar-refractivity contribution >= 4 is 29.5 Å². The van der Waals surface area contributed by atoms with Crippen LogP contribution in [0.25, 0.3) is 0 Å². The van der Waals surface area contributed by atoms with Gasteiger partial charge < -0.3 is 26.6 Å². The third kappa shape index (κ3) is 6.79. The van der Waals surface area contributed by atoms with Gasteiger partial charge in [0.1, 0.15) is 12.1 Å². The number of ketones is 1. The Balaban J connectivity index is 1.42. The van der Waals surface area contributed by atoms with Crippen LogP contribution in [0.2, 0.25) is 0 Å². The average molecular weight is 657 g/mol. The van der Waals surface area contributed by atoms with E-state index in [1.165, 1.54) is 6.42 Å². The van der Waals surface area contributed by atoms with E-state index in [0.717, 1.165) is 83.7 Å². The maximum absolute atomic E-state index is 14.9. The smallest absolute Gasteiger partial charge is 0.315 e. The zero-order valence-corrected chi connectivity index (χ0v) is 29.5. The van der Waals surface area contributed by atoms with Gasteiger partial charge in [-0.15, -0.1) is 0 Å². The van der Waals surface area contributed by atoms with Gasteiger partial charge in [0.05, 0.1) is 6.04 Å². The molecular formula is C36H60N6O5. The van der Waals surface area contributed by atoms with E-state index >= 15 is 0 Å². The van der Waals surface area contributed by atoms with Crippen LogP contribution in [0.4, 0.5) is 4.79 Å². The van der Waals surface area contributed by atoms with Crippen molar-refractivity contribution in [2.75, 3.05) is 19.6 Å². The molecule has 0 aromatic carbocycles. The third-order valence-electron chi connectivity index (χ3n) is 13.3. The van der Waals surface area contributed by atoms with Crippen molar-refractivity contribution in [3.63, 3.8) is 0 Å². The number of hydrogen-bond acceptors (Lipinski definition) is 6. The first-order valence-corrected chi connectivity index (χ1v) is 18.6. The van der Waals surface area contributed by atoms with Crippen LogP contribution < -0.4 is 21.7 Å². The van der Waals surface area contributed by atoms with Crippen LogP contribution in [0.15, 0.2) is 0 Å². The number of carbonyl (C=O) groups excluding carboxylic acids is 5. The zero-order valence-electron chi connectivity index (χ0n) is 29.5. The van der Waals surface area contributed by atoms with E-state index in [2.05, 4.69) is 55.5 Å². The minimum absolute atomic E-state index is 0.0640. The summed E-state index contributed by atoms with van der Waals surface area (Å²) in [6.45, 7) is 12.6. The number of carbonyl (C=O) groups is 5. The first-order valence-electron chi connectivity index (χ1n) is 18.6. The fourth-order valence-corrected chi connectivity index (χ4v) is 9.51. The molecule has 0 aromatic heterocycles. The predicted octanol–water partition coefficient (Wildman–Crippen LogP) is 3.63. The van der Waals surface area contributed by atoms with E-state index in [0.29, 0.717) is 19.4 Å². The predicted molar refractivity (Wildman–Crippen MR) is 180 cm³/mol. The highest BCUT2D eigenvalue weighted by atomic mass is 16.2. The second kappa shape index (κ2) is 14.0. The number of primary amides is 1. The highest BCUT2D eigenvalue weighted by molar-refractivity contribution is 6.37. The molecule has 5 N–H and O–H groups in total. The number of likely N-dealkylation sites (tertiary alicyclic amines) is 2. The van der Waals surface area contributed by atoms with E-state index in [1.807, 2.05) is 0 Å². The lowest BCUT2D eigenvalue weighted by atomic mass is 9.78. The van der Waals surface area contributed by atoms with Gasteiger partial charge in [0.25, 0.3) is 5.91 Å². The van der Waals surface area contributed by atoms with Gasteiger partial charge in [-0.1, -0.05) is 79.1 Å². The van der Waals surface area contributed by atoms with Crippen molar-refractivity contribution in [1.29, 1.82) is 0 Å². The topological polar surface area (TPSA) is 154 Å². The Morgan fingerprint density at radius 1 is 0.957 bits per heavy atom. The highest BCUT2D eigenvalue weighted by Crippen LogP contribution is 2.67. The normalized spacial score (nSPS) is 30.8. The van der Waals surface area contributed by atoms with E-state index in [1.54, 1.807) is 4.90 Å². The van der Waals surface area contributed by atoms with Crippen LogP contribution in [0.1, 0.15) is 125 Å². The Kier molecular flexibility index (Phi) is 10.6. The summed E-state index contributed by atoms with van der Waals surface area (Å²) >= 11 is 0. The number of nitrogens with zero attached hydrogens (tertiary/aromatic N) is 2. The van der Waals surface area contributed by atoms with Gasteiger partial charge in [-0.3, -0.25) is 24.1 Å². The molecule has 264 valence electrons. The van der Waals surface area contributed by atoms with E-state index in [4.69, 9.17) is 5.73 Å². The minimum Gasteiger partial charge on any atom is -0.363 e. The fourth-order valence-electron chi connectivity index (χ4n) is 9.51. The molecule has 0 bridgehead atoms. The molecule has 2 saturated heterocycles. The molecule has 3 aliphatic carbocycles. The van der Waals surface area contributed by atoms with Crippen molar-refractivity contribution < 1.29 is 24.0 Å². The summed E-state index contributed by atoms with van der Waals surface area (Å²) in [7, 11) is 0. The summed E-state index contributed by atoms with van der Waals surface area (Å²) in [6.07, 6.45) is 12.9. The molecule has 5 rings (SSSR count). The number of Topliss-reactive ketones (excluding diaryl/α,β-unsaturated/α-hetero) is 1. The van der Waals surface area contributed by atoms with Gasteiger partial charge in [0.2, 0.25) is 17.6 Å². The number of urea groups is 1. The molecule has 2 heterocycles. The van der Waals surface area contributed by atoms with Crippen molar-refractivity contribution in [3.8, 4) is 0 Å². The Bertz CT molecular complexity index is 1210. The zero-order chi connectivity index (χ0) is 34.1. The fraction of sp³-hybridized carbons (Fsp3) is 0.861. The molecule has 7 atom stereocenters. The second-order valence-electron chi connectivity index (χ2n) is 15.9. The summed E-state index contributed by atoms with van der Waals surface area (Å²) < 4.78 is 0. The van der Waals surface area contributed by atoms with Gasteiger partial charge >= 0.3 is 6.03 Å². The summed E-state index contributed by atoms with van der Waals surface area (Å²) in [5.41, 5.74) is 4.40. The molecular weight excluding hydrogens is 596 g/mol. The maximum atomic E-state index is 14.9. The third-order valence-corrected chi connectivity index (χ3v) is 13.3. The van der Waals surface area contributed by atoms with Crippen LogP contribution in [0, 0.1) is 23.2 Å². The average Bonchev–Trinajstić information content (AvgIpc) is 3.34. The number of fused-ring (bicyclic) bond motifs is 1. The van der Waals surface area contributed by atoms with Crippen LogP contribution in [0.3, 0.4) is 0 Å². The summed E-state index contributed by atoms with van der Waals surface area (Å²) in [5.74, 6) is -2.17. The molecule has 0 aromatic rings. The highest BCUT2D eigenvalue weighted by Gasteiger charge is 2.71. The SMILES string of the molecule is CCCC1(NC(=O)N[C@H](C(=O)N2C[C@H]3[C@@H]([C@H]2C(=O)NC(CC2CCC2)C(=O)C(N)=O)C3(C)CC)C(C)(CC)N2CCC2)CCCCC1. The lowest BCUT2D eigenvalue weighted by molar-refractivity contribution is -0.147. The van der Waals surface area contributed by atoms with Crippen molar-refractivity contribution in [2.24, 2.45) is 28.9 Å². The minimum atomic E-state index is -1.06. The number of amides is 5. The standard InChI is InChI=1S/C36H60N6O5/c1-6-16-36(17-10-9-11-18-36)40-33(47)39-29(35(5,8-3)41-19-13-20-41)32(46)42-22-24-26(34(24,4)7-2)27(42)31(45)38-25(28(43)30(37)44)21-23-14-12-15-23/h23-27,29H,6-22H2,1-5H3,(H2,37,44)(H,38,45)(H2,39,40,47)/t24-,25?,26-,27-,29+,34?,35?/m0/s1. The summed E-state index contributed by atoms with van der Waals surface area (Å²) in [6, 6.07) is -2.99. The molecule has 0 radical (unpaired) electrons. The quantitative estimate of drug-likeness (QED) is 0.198. The molecule has 5 aliphatic rings. The number of nitrogens with one attached hydrogen (secondary N) is 3. The molecule has 3 unspecified atom stereocenters. The first-order chi connectivity index (χ1) is 22.3. The van der Waals surface area contributed by atoms with Gasteiger partial charge in [-0.05, 0) is 81.7 Å². The Labute approximate surface area is 281 Å².